The smallest absolute Gasteiger partial charge is 0.251 e. The fourth-order valence-corrected chi connectivity index (χ4v) is 4.10. The Balaban J connectivity index is 1.50. The maximum Gasteiger partial charge on any atom is 0.251 e. The number of rotatable bonds is 6. The Morgan fingerprint density at radius 1 is 1.13 bits per heavy atom. The van der Waals surface area contributed by atoms with Crippen molar-refractivity contribution < 1.29 is 9.15 Å². The first-order chi connectivity index (χ1) is 15.2. The average molecular weight is 483 g/mol. The van der Waals surface area contributed by atoms with Crippen molar-refractivity contribution >= 4 is 32.7 Å². The Kier molecular flexibility index (Phi) is 5.69. The van der Waals surface area contributed by atoms with Crippen molar-refractivity contribution in [2.45, 2.75) is 38.8 Å². The maximum absolute atomic E-state index is 6.05. The molecule has 0 amide bonds. The number of nitrogens with zero attached hydrogens (tertiary/aromatic N) is 5. The molecule has 9 heteroatoms. The van der Waals surface area contributed by atoms with E-state index in [0.29, 0.717) is 24.2 Å². The lowest BCUT2D eigenvalue weighted by molar-refractivity contribution is 0.0905. The normalized spacial score (nSPS) is 14.9. The molecule has 0 radical (unpaired) electrons. The van der Waals surface area contributed by atoms with Gasteiger partial charge in [0.15, 0.2) is 5.65 Å². The van der Waals surface area contributed by atoms with Gasteiger partial charge in [-0.05, 0) is 37.5 Å². The molecule has 1 aliphatic rings. The van der Waals surface area contributed by atoms with E-state index in [9.17, 15) is 0 Å². The van der Waals surface area contributed by atoms with Crippen molar-refractivity contribution in [3.05, 3.63) is 52.6 Å². The van der Waals surface area contributed by atoms with Crippen LogP contribution in [0.4, 0.5) is 5.69 Å². The second-order valence-corrected chi connectivity index (χ2v) is 8.50. The first-order valence-electron chi connectivity index (χ1n) is 10.5. The number of ether oxygens (including phenoxy) is 1. The van der Waals surface area contributed by atoms with Gasteiger partial charge >= 0.3 is 0 Å². The lowest BCUT2D eigenvalue weighted by atomic mass is 10.1. The van der Waals surface area contributed by atoms with E-state index in [2.05, 4.69) is 48.5 Å². The number of pyridine rings is 1. The summed E-state index contributed by atoms with van der Waals surface area (Å²) in [6, 6.07) is 8.41. The minimum Gasteiger partial charge on any atom is -0.420 e. The van der Waals surface area contributed by atoms with Gasteiger partial charge in [-0.25, -0.2) is 9.67 Å². The van der Waals surface area contributed by atoms with Gasteiger partial charge in [-0.15, -0.1) is 10.2 Å². The summed E-state index contributed by atoms with van der Waals surface area (Å²) in [4.78, 5) is 4.65. The Bertz CT molecular complexity index is 1180. The predicted octanol–water partition coefficient (Wildman–Crippen LogP) is 4.45. The molecule has 1 fully saturated rings. The van der Waals surface area contributed by atoms with Crippen molar-refractivity contribution in [1.82, 2.24) is 25.0 Å². The van der Waals surface area contributed by atoms with E-state index >= 15 is 0 Å². The zero-order valence-corrected chi connectivity index (χ0v) is 18.8. The third-order valence-electron chi connectivity index (χ3n) is 5.50. The van der Waals surface area contributed by atoms with Crippen LogP contribution in [0.15, 0.2) is 45.5 Å². The second-order valence-electron chi connectivity index (χ2n) is 7.58. The number of hydrogen-bond acceptors (Lipinski definition) is 7. The van der Waals surface area contributed by atoms with Crippen LogP contribution in [0.2, 0.25) is 0 Å². The van der Waals surface area contributed by atoms with Gasteiger partial charge in [0.25, 0.3) is 5.89 Å². The zero-order valence-electron chi connectivity index (χ0n) is 17.2. The van der Waals surface area contributed by atoms with E-state index in [1.807, 2.05) is 35.1 Å². The van der Waals surface area contributed by atoms with Gasteiger partial charge < -0.3 is 14.5 Å². The molecule has 0 aliphatic carbocycles. The zero-order chi connectivity index (χ0) is 21.2. The molecule has 0 atom stereocenters. The molecule has 0 spiro atoms. The third-order valence-corrected chi connectivity index (χ3v) is 6.03. The number of aromatic nitrogens is 5. The Morgan fingerprint density at radius 3 is 2.71 bits per heavy atom. The number of halogens is 1. The molecule has 5 rings (SSSR count). The summed E-state index contributed by atoms with van der Waals surface area (Å²) in [6.45, 7) is 4.32. The summed E-state index contributed by atoms with van der Waals surface area (Å²) < 4.78 is 14.5. The minimum atomic E-state index is 0.313. The van der Waals surface area contributed by atoms with Gasteiger partial charge in [-0.1, -0.05) is 28.1 Å². The van der Waals surface area contributed by atoms with Crippen molar-refractivity contribution in [3.63, 3.8) is 0 Å². The van der Waals surface area contributed by atoms with E-state index in [-0.39, 0.29) is 0 Å². The van der Waals surface area contributed by atoms with Crippen LogP contribution in [0.3, 0.4) is 0 Å². The molecule has 4 heterocycles. The van der Waals surface area contributed by atoms with Crippen LogP contribution in [-0.4, -0.2) is 44.2 Å². The molecule has 1 aliphatic heterocycles. The van der Waals surface area contributed by atoms with E-state index in [4.69, 9.17) is 9.15 Å². The summed E-state index contributed by atoms with van der Waals surface area (Å²) in [7, 11) is 0. The fourth-order valence-electron chi connectivity index (χ4n) is 3.83. The van der Waals surface area contributed by atoms with Gasteiger partial charge in [0, 0.05) is 36.5 Å². The summed E-state index contributed by atoms with van der Waals surface area (Å²) >= 11 is 3.46. The predicted molar refractivity (Wildman–Crippen MR) is 121 cm³/mol. The third kappa shape index (κ3) is 4.20. The summed E-state index contributed by atoms with van der Waals surface area (Å²) in [6.07, 6.45) is 6.13. The molecule has 1 N–H and O–H groups in total. The van der Waals surface area contributed by atoms with E-state index in [0.717, 1.165) is 64.9 Å². The molecule has 1 saturated heterocycles. The van der Waals surface area contributed by atoms with Crippen LogP contribution in [0, 0.1) is 0 Å². The summed E-state index contributed by atoms with van der Waals surface area (Å²) in [5.74, 6) is 1.03. The van der Waals surface area contributed by atoms with Crippen molar-refractivity contribution in [2.75, 3.05) is 18.5 Å². The quantitative estimate of drug-likeness (QED) is 0.434. The lowest BCUT2D eigenvalue weighted by Crippen LogP contribution is -2.28. The van der Waals surface area contributed by atoms with Crippen LogP contribution in [0.1, 0.15) is 31.2 Å². The first kappa shape index (κ1) is 20.1. The molecular formula is C22H23BrN6O2. The molecule has 8 nitrogen and oxygen atoms in total. The second kappa shape index (κ2) is 8.76. The molecule has 0 saturated carbocycles. The standard InChI is InChI=1S/C22H23BrN6O2/c1-2-29-21-17(13-25-29)20(26-16-7-9-30-10-8-16)18(12-24-21)22-28-27-19(31-22)11-14-3-5-15(23)6-4-14/h3-6,12-13,16H,2,7-11H2,1H3,(H,24,26). The van der Waals surface area contributed by atoms with Crippen LogP contribution in [0.25, 0.3) is 22.5 Å². The molecular weight excluding hydrogens is 460 g/mol. The average Bonchev–Trinajstić information content (AvgIpc) is 3.43. The highest BCUT2D eigenvalue weighted by molar-refractivity contribution is 9.10. The van der Waals surface area contributed by atoms with Crippen LogP contribution in [-0.2, 0) is 17.7 Å². The number of anilines is 1. The van der Waals surface area contributed by atoms with Gasteiger partial charge in [0.2, 0.25) is 5.89 Å². The number of hydrogen-bond donors (Lipinski definition) is 1. The van der Waals surface area contributed by atoms with Crippen molar-refractivity contribution in [2.24, 2.45) is 0 Å². The highest BCUT2D eigenvalue weighted by Crippen LogP contribution is 2.34. The lowest BCUT2D eigenvalue weighted by Gasteiger charge is -2.25. The van der Waals surface area contributed by atoms with Gasteiger partial charge in [0.1, 0.15) is 0 Å². The Morgan fingerprint density at radius 2 is 1.94 bits per heavy atom. The van der Waals surface area contributed by atoms with Gasteiger partial charge in [0.05, 0.1) is 29.3 Å². The van der Waals surface area contributed by atoms with Crippen molar-refractivity contribution in [1.29, 1.82) is 0 Å². The number of benzene rings is 1. The number of aryl methyl sites for hydroxylation is 1. The number of nitrogens with one attached hydrogen (secondary N) is 1. The summed E-state index contributed by atoms with van der Waals surface area (Å²) in [5.41, 5.74) is 3.69. The SMILES string of the molecule is CCn1ncc2c(NC3CCOCC3)c(-c3nnc(Cc4ccc(Br)cc4)o3)cnc21. The highest BCUT2D eigenvalue weighted by atomic mass is 79.9. The topological polar surface area (TPSA) is 90.9 Å². The van der Waals surface area contributed by atoms with Gasteiger partial charge in [-0.2, -0.15) is 5.10 Å². The molecule has 0 unspecified atom stereocenters. The summed E-state index contributed by atoms with van der Waals surface area (Å²) in [5, 5.41) is 17.7. The molecule has 1 aromatic carbocycles. The van der Waals surface area contributed by atoms with E-state index in [1.165, 1.54) is 0 Å². The Hall–Kier alpha value is -2.78. The Labute approximate surface area is 188 Å². The van der Waals surface area contributed by atoms with Crippen LogP contribution >= 0.6 is 15.9 Å². The maximum atomic E-state index is 6.05. The molecule has 3 aromatic heterocycles. The molecule has 160 valence electrons. The minimum absolute atomic E-state index is 0.313. The fraction of sp³-hybridized carbons (Fsp3) is 0.364. The molecule has 31 heavy (non-hydrogen) atoms. The largest absolute Gasteiger partial charge is 0.420 e. The van der Waals surface area contributed by atoms with Gasteiger partial charge in [-0.3, -0.25) is 0 Å². The van der Waals surface area contributed by atoms with Crippen LogP contribution < -0.4 is 5.32 Å². The van der Waals surface area contributed by atoms with E-state index < -0.39 is 0 Å². The molecule has 4 aromatic rings. The highest BCUT2D eigenvalue weighted by Gasteiger charge is 2.22. The van der Waals surface area contributed by atoms with Crippen molar-refractivity contribution in [3.8, 4) is 11.5 Å². The number of fused-ring (bicyclic) bond motifs is 1. The molecule has 0 bridgehead atoms. The monoisotopic (exact) mass is 482 g/mol. The van der Waals surface area contributed by atoms with Crippen LogP contribution in [0.5, 0.6) is 0 Å². The van der Waals surface area contributed by atoms with E-state index in [1.54, 1.807) is 6.20 Å². The first-order valence-corrected chi connectivity index (χ1v) is 11.3.